The van der Waals surface area contributed by atoms with Gasteiger partial charge in [0.05, 0.1) is 12.6 Å². The van der Waals surface area contributed by atoms with E-state index in [2.05, 4.69) is 10.6 Å². The summed E-state index contributed by atoms with van der Waals surface area (Å²) in [4.78, 5) is 23.8. The van der Waals surface area contributed by atoms with E-state index in [1.54, 1.807) is 37.3 Å². The number of anilines is 1. The molecule has 2 amide bonds. The van der Waals surface area contributed by atoms with E-state index in [0.29, 0.717) is 11.1 Å². The van der Waals surface area contributed by atoms with E-state index < -0.39 is 23.7 Å². The van der Waals surface area contributed by atoms with Crippen LogP contribution >= 0.6 is 0 Å². The third-order valence-electron chi connectivity index (χ3n) is 3.33. The zero-order valence-electron chi connectivity index (χ0n) is 12.5. The van der Waals surface area contributed by atoms with E-state index in [9.17, 15) is 19.1 Å². The van der Waals surface area contributed by atoms with Crippen molar-refractivity contribution < 1.29 is 19.1 Å². The predicted octanol–water partition coefficient (Wildman–Crippen LogP) is 1.92. The van der Waals surface area contributed by atoms with Crippen LogP contribution in [0.25, 0.3) is 0 Å². The van der Waals surface area contributed by atoms with E-state index in [0.717, 1.165) is 6.07 Å². The number of aliphatic hydroxyl groups excluding tert-OH is 1. The number of carbonyl (C=O) groups excluding carboxylic acids is 2. The highest BCUT2D eigenvalue weighted by Gasteiger charge is 2.19. The van der Waals surface area contributed by atoms with E-state index in [1.165, 1.54) is 12.1 Å². The lowest BCUT2D eigenvalue weighted by Gasteiger charge is -2.16. The monoisotopic (exact) mass is 316 g/mol. The minimum absolute atomic E-state index is 0.188. The van der Waals surface area contributed by atoms with Crippen molar-refractivity contribution in [2.24, 2.45) is 0 Å². The lowest BCUT2D eigenvalue weighted by molar-refractivity contribution is -0.136. The van der Waals surface area contributed by atoms with Gasteiger partial charge < -0.3 is 15.7 Å². The molecule has 5 nitrogen and oxygen atoms in total. The molecule has 0 bridgehead atoms. The van der Waals surface area contributed by atoms with Gasteiger partial charge in [-0.25, -0.2) is 4.39 Å². The molecule has 1 unspecified atom stereocenters. The highest BCUT2D eigenvalue weighted by molar-refractivity contribution is 6.39. The third kappa shape index (κ3) is 4.37. The van der Waals surface area contributed by atoms with Crippen LogP contribution in [0.15, 0.2) is 48.5 Å². The standard InChI is InChI=1S/C17H17FN2O3/c1-11-7-8-13(9-14(11)18)19-16(22)17(23)20-15(10-21)12-5-3-2-4-6-12/h2-9,15,21H,10H2,1H3,(H,19,22)(H,20,23). The first-order valence-corrected chi connectivity index (χ1v) is 7.05. The molecule has 120 valence electrons. The number of nitrogens with one attached hydrogen (secondary N) is 2. The summed E-state index contributed by atoms with van der Waals surface area (Å²) in [7, 11) is 0. The molecule has 2 aromatic rings. The van der Waals surface area contributed by atoms with Crippen LogP contribution in [0, 0.1) is 12.7 Å². The van der Waals surface area contributed by atoms with Crippen LogP contribution in [0.2, 0.25) is 0 Å². The van der Waals surface area contributed by atoms with Gasteiger partial charge in [-0.1, -0.05) is 36.4 Å². The maximum atomic E-state index is 13.4. The van der Waals surface area contributed by atoms with Gasteiger partial charge in [0, 0.05) is 5.69 Å². The number of amides is 2. The summed E-state index contributed by atoms with van der Waals surface area (Å²) in [6.45, 7) is 1.25. The molecule has 2 rings (SSSR count). The Hall–Kier alpha value is -2.73. The number of carbonyl (C=O) groups is 2. The van der Waals surface area contributed by atoms with Gasteiger partial charge in [0.2, 0.25) is 0 Å². The van der Waals surface area contributed by atoms with Crippen molar-refractivity contribution in [1.82, 2.24) is 5.32 Å². The molecule has 0 fully saturated rings. The Morgan fingerprint density at radius 2 is 1.83 bits per heavy atom. The number of rotatable bonds is 4. The van der Waals surface area contributed by atoms with Gasteiger partial charge in [-0.3, -0.25) is 9.59 Å². The topological polar surface area (TPSA) is 78.4 Å². The van der Waals surface area contributed by atoms with E-state index in [1.807, 2.05) is 0 Å². The number of benzene rings is 2. The minimum atomic E-state index is -0.928. The molecule has 0 aliphatic heterocycles. The second kappa shape index (κ2) is 7.51. The summed E-state index contributed by atoms with van der Waals surface area (Å²) in [5.41, 5.74) is 1.31. The molecule has 0 heterocycles. The first kappa shape index (κ1) is 16.6. The van der Waals surface area contributed by atoms with Gasteiger partial charge in [0.25, 0.3) is 0 Å². The van der Waals surface area contributed by atoms with Crippen molar-refractivity contribution in [1.29, 1.82) is 0 Å². The van der Waals surface area contributed by atoms with Crippen molar-refractivity contribution in [3.05, 3.63) is 65.5 Å². The second-order valence-electron chi connectivity index (χ2n) is 5.04. The van der Waals surface area contributed by atoms with Crippen LogP contribution in [0.4, 0.5) is 10.1 Å². The molecule has 3 N–H and O–H groups in total. The molecule has 0 saturated heterocycles. The van der Waals surface area contributed by atoms with Gasteiger partial charge in [0.15, 0.2) is 0 Å². The SMILES string of the molecule is Cc1ccc(NC(=O)C(=O)NC(CO)c2ccccc2)cc1F. The average molecular weight is 316 g/mol. The molecule has 6 heteroatoms. The highest BCUT2D eigenvalue weighted by atomic mass is 19.1. The van der Waals surface area contributed by atoms with Gasteiger partial charge in [0.1, 0.15) is 5.82 Å². The van der Waals surface area contributed by atoms with Crippen LogP contribution in [-0.4, -0.2) is 23.5 Å². The van der Waals surface area contributed by atoms with Gasteiger partial charge in [-0.15, -0.1) is 0 Å². The summed E-state index contributed by atoms with van der Waals surface area (Å²) >= 11 is 0. The summed E-state index contributed by atoms with van der Waals surface area (Å²) in [6, 6.07) is 12.2. The Labute approximate surface area is 133 Å². The Morgan fingerprint density at radius 1 is 1.13 bits per heavy atom. The molecule has 2 aromatic carbocycles. The number of halogens is 1. The fourth-order valence-corrected chi connectivity index (χ4v) is 2.00. The number of aliphatic hydroxyl groups is 1. The van der Waals surface area contributed by atoms with Crippen molar-refractivity contribution in [3.8, 4) is 0 Å². The van der Waals surface area contributed by atoms with E-state index in [-0.39, 0.29) is 12.3 Å². The zero-order valence-corrected chi connectivity index (χ0v) is 12.5. The molecule has 0 aliphatic carbocycles. The normalized spacial score (nSPS) is 11.6. The Bertz CT molecular complexity index is 704. The van der Waals surface area contributed by atoms with Crippen LogP contribution in [0.1, 0.15) is 17.2 Å². The first-order valence-electron chi connectivity index (χ1n) is 7.05. The van der Waals surface area contributed by atoms with Crippen LogP contribution in [-0.2, 0) is 9.59 Å². The maximum Gasteiger partial charge on any atom is 0.313 e. The zero-order chi connectivity index (χ0) is 16.8. The molecule has 1 atom stereocenters. The number of aryl methyl sites for hydroxylation is 1. The lowest BCUT2D eigenvalue weighted by Crippen LogP contribution is -2.39. The summed E-state index contributed by atoms with van der Waals surface area (Å²) in [5, 5.41) is 14.1. The van der Waals surface area contributed by atoms with Crippen LogP contribution < -0.4 is 10.6 Å². The number of hydrogen-bond acceptors (Lipinski definition) is 3. The average Bonchev–Trinajstić information content (AvgIpc) is 2.56. The molecule has 0 saturated carbocycles. The summed E-state index contributed by atoms with van der Waals surface area (Å²) < 4.78 is 13.4. The minimum Gasteiger partial charge on any atom is -0.394 e. The quantitative estimate of drug-likeness (QED) is 0.754. The van der Waals surface area contributed by atoms with Crippen molar-refractivity contribution in [2.45, 2.75) is 13.0 Å². The van der Waals surface area contributed by atoms with Crippen molar-refractivity contribution in [3.63, 3.8) is 0 Å². The van der Waals surface area contributed by atoms with E-state index in [4.69, 9.17) is 0 Å². The van der Waals surface area contributed by atoms with Gasteiger partial charge >= 0.3 is 11.8 Å². The Morgan fingerprint density at radius 3 is 2.43 bits per heavy atom. The fourth-order valence-electron chi connectivity index (χ4n) is 2.00. The van der Waals surface area contributed by atoms with Gasteiger partial charge in [-0.05, 0) is 30.2 Å². The lowest BCUT2D eigenvalue weighted by atomic mass is 10.1. The summed E-state index contributed by atoms with van der Waals surface area (Å²) in [6.07, 6.45) is 0. The molecule has 0 aromatic heterocycles. The second-order valence-corrected chi connectivity index (χ2v) is 5.04. The predicted molar refractivity (Wildman–Crippen MR) is 84.2 cm³/mol. The van der Waals surface area contributed by atoms with Crippen molar-refractivity contribution >= 4 is 17.5 Å². The summed E-state index contributed by atoms with van der Waals surface area (Å²) in [5.74, 6) is -2.31. The van der Waals surface area contributed by atoms with E-state index >= 15 is 0 Å². The molecular formula is C17H17FN2O3. The fraction of sp³-hybridized carbons (Fsp3) is 0.176. The van der Waals surface area contributed by atoms with Crippen molar-refractivity contribution in [2.75, 3.05) is 11.9 Å². The molecular weight excluding hydrogens is 299 g/mol. The third-order valence-corrected chi connectivity index (χ3v) is 3.33. The van der Waals surface area contributed by atoms with Crippen LogP contribution in [0.5, 0.6) is 0 Å². The number of hydrogen-bond donors (Lipinski definition) is 3. The Kier molecular flexibility index (Phi) is 5.43. The smallest absolute Gasteiger partial charge is 0.313 e. The largest absolute Gasteiger partial charge is 0.394 e. The Balaban J connectivity index is 2.01. The molecule has 0 aliphatic rings. The molecule has 0 radical (unpaired) electrons. The first-order chi connectivity index (χ1) is 11.0. The molecule has 23 heavy (non-hydrogen) atoms. The highest BCUT2D eigenvalue weighted by Crippen LogP contribution is 2.14. The van der Waals surface area contributed by atoms with Crippen LogP contribution in [0.3, 0.4) is 0 Å². The molecule has 0 spiro atoms. The maximum absolute atomic E-state index is 13.4. The van der Waals surface area contributed by atoms with Gasteiger partial charge in [-0.2, -0.15) is 0 Å².